The fraction of sp³-hybridized carbons (Fsp3) is 0.533. The van der Waals surface area contributed by atoms with E-state index in [-0.39, 0.29) is 6.61 Å². The zero-order chi connectivity index (χ0) is 15.0. The van der Waals surface area contributed by atoms with Crippen molar-refractivity contribution in [2.24, 2.45) is 0 Å². The van der Waals surface area contributed by atoms with E-state index in [1.165, 1.54) is 0 Å². The van der Waals surface area contributed by atoms with Gasteiger partial charge in [-0.15, -0.1) is 0 Å². The SMILES string of the molecule is CCNC(C)(CCCOc1ccccc1CO)C(=O)O. The number of aliphatic hydroxyl groups is 1. The molecule has 3 N–H and O–H groups in total. The lowest BCUT2D eigenvalue weighted by molar-refractivity contribution is -0.144. The van der Waals surface area contributed by atoms with Crippen LogP contribution < -0.4 is 10.1 Å². The highest BCUT2D eigenvalue weighted by atomic mass is 16.5. The van der Waals surface area contributed by atoms with Gasteiger partial charge in [0.25, 0.3) is 0 Å². The third-order valence-corrected chi connectivity index (χ3v) is 3.26. The van der Waals surface area contributed by atoms with Crippen molar-refractivity contribution in [2.45, 2.75) is 38.8 Å². The number of carboxylic acids is 1. The van der Waals surface area contributed by atoms with Gasteiger partial charge in [-0.25, -0.2) is 0 Å². The highest BCUT2D eigenvalue weighted by molar-refractivity contribution is 5.78. The Balaban J connectivity index is 2.46. The summed E-state index contributed by atoms with van der Waals surface area (Å²) in [5.41, 5.74) is -0.186. The molecule has 0 aliphatic carbocycles. The van der Waals surface area contributed by atoms with E-state index in [1.807, 2.05) is 19.1 Å². The number of hydrogen-bond donors (Lipinski definition) is 3. The Hall–Kier alpha value is -1.59. The van der Waals surface area contributed by atoms with Crippen LogP contribution in [0.3, 0.4) is 0 Å². The highest BCUT2D eigenvalue weighted by Crippen LogP contribution is 2.19. The molecule has 0 radical (unpaired) electrons. The first-order valence-electron chi connectivity index (χ1n) is 6.83. The Morgan fingerprint density at radius 2 is 2.10 bits per heavy atom. The van der Waals surface area contributed by atoms with Crippen LogP contribution in [-0.2, 0) is 11.4 Å². The molecule has 0 amide bonds. The maximum absolute atomic E-state index is 11.2. The number of aliphatic hydroxyl groups excluding tert-OH is 1. The van der Waals surface area contributed by atoms with Crippen molar-refractivity contribution in [1.29, 1.82) is 0 Å². The number of hydrogen-bond acceptors (Lipinski definition) is 4. The molecule has 0 spiro atoms. The van der Waals surface area contributed by atoms with Crippen molar-refractivity contribution in [3.63, 3.8) is 0 Å². The summed E-state index contributed by atoms with van der Waals surface area (Å²) < 4.78 is 5.60. The van der Waals surface area contributed by atoms with Crippen LogP contribution in [0.1, 0.15) is 32.3 Å². The summed E-state index contributed by atoms with van der Waals surface area (Å²) in [5, 5.41) is 21.4. The lowest BCUT2D eigenvalue weighted by Crippen LogP contribution is -2.49. The van der Waals surface area contributed by atoms with Crippen LogP contribution in [0, 0.1) is 0 Å². The second-order valence-electron chi connectivity index (χ2n) is 4.89. The fourth-order valence-corrected chi connectivity index (χ4v) is 2.04. The van der Waals surface area contributed by atoms with Crippen LogP contribution in [0.25, 0.3) is 0 Å². The van der Waals surface area contributed by atoms with E-state index in [1.54, 1.807) is 19.1 Å². The summed E-state index contributed by atoms with van der Waals surface area (Å²) in [6.45, 7) is 4.53. The molecule has 112 valence electrons. The highest BCUT2D eigenvalue weighted by Gasteiger charge is 2.31. The number of para-hydroxylation sites is 1. The van der Waals surface area contributed by atoms with E-state index in [2.05, 4.69) is 5.32 Å². The third-order valence-electron chi connectivity index (χ3n) is 3.26. The van der Waals surface area contributed by atoms with Gasteiger partial charge < -0.3 is 20.3 Å². The zero-order valence-electron chi connectivity index (χ0n) is 12.1. The molecule has 1 rings (SSSR count). The molecular formula is C15H23NO4. The molecule has 1 aromatic carbocycles. The van der Waals surface area contributed by atoms with Crippen LogP contribution in [-0.4, -0.2) is 34.9 Å². The second kappa shape index (κ2) is 7.87. The molecule has 0 aliphatic heterocycles. The Morgan fingerprint density at radius 3 is 2.70 bits per heavy atom. The van der Waals surface area contributed by atoms with Gasteiger partial charge in [0.1, 0.15) is 11.3 Å². The standard InChI is InChI=1S/C15H23NO4/c1-3-16-15(2,14(18)19)9-6-10-20-13-8-5-4-7-12(13)11-17/h4-5,7-8,16-17H,3,6,9-11H2,1-2H3,(H,18,19). The van der Waals surface area contributed by atoms with Gasteiger partial charge in [0, 0.05) is 5.56 Å². The minimum absolute atomic E-state index is 0.0690. The van der Waals surface area contributed by atoms with E-state index in [9.17, 15) is 15.0 Å². The average Bonchev–Trinajstić information content (AvgIpc) is 2.44. The Bertz CT molecular complexity index is 436. The van der Waals surface area contributed by atoms with Crippen molar-refractivity contribution in [3.05, 3.63) is 29.8 Å². The number of carbonyl (C=O) groups is 1. The summed E-state index contributed by atoms with van der Waals surface area (Å²) in [4.78, 5) is 11.2. The molecule has 0 heterocycles. The molecule has 1 aromatic rings. The average molecular weight is 281 g/mol. The van der Waals surface area contributed by atoms with Crippen molar-refractivity contribution in [2.75, 3.05) is 13.2 Å². The van der Waals surface area contributed by atoms with E-state index in [4.69, 9.17) is 4.74 Å². The van der Waals surface area contributed by atoms with E-state index < -0.39 is 11.5 Å². The smallest absolute Gasteiger partial charge is 0.323 e. The first kappa shape index (κ1) is 16.5. The van der Waals surface area contributed by atoms with E-state index in [0.717, 1.165) is 5.56 Å². The summed E-state index contributed by atoms with van der Waals surface area (Å²) in [6, 6.07) is 7.28. The maximum Gasteiger partial charge on any atom is 0.323 e. The minimum atomic E-state index is -0.922. The van der Waals surface area contributed by atoms with Crippen molar-refractivity contribution in [3.8, 4) is 5.75 Å². The van der Waals surface area contributed by atoms with Gasteiger partial charge in [-0.1, -0.05) is 25.1 Å². The number of carboxylic acid groups (broad SMARTS) is 1. The number of aliphatic carboxylic acids is 1. The minimum Gasteiger partial charge on any atom is -0.493 e. The Morgan fingerprint density at radius 1 is 1.40 bits per heavy atom. The summed E-state index contributed by atoms with van der Waals surface area (Å²) >= 11 is 0. The molecule has 1 unspecified atom stereocenters. The second-order valence-corrected chi connectivity index (χ2v) is 4.89. The maximum atomic E-state index is 11.2. The Labute approximate surface area is 119 Å². The van der Waals surface area contributed by atoms with E-state index >= 15 is 0 Å². The number of benzene rings is 1. The normalized spacial score (nSPS) is 13.8. The van der Waals surface area contributed by atoms with Gasteiger partial charge in [0.15, 0.2) is 0 Å². The van der Waals surface area contributed by atoms with Gasteiger partial charge >= 0.3 is 5.97 Å². The number of ether oxygens (including phenoxy) is 1. The quantitative estimate of drug-likeness (QED) is 0.601. The number of likely N-dealkylation sites (N-methyl/N-ethyl adjacent to an activating group) is 1. The fourth-order valence-electron chi connectivity index (χ4n) is 2.04. The van der Waals surface area contributed by atoms with Crippen molar-refractivity contribution < 1.29 is 19.7 Å². The van der Waals surface area contributed by atoms with Crippen LogP contribution in [0.2, 0.25) is 0 Å². The first-order valence-corrected chi connectivity index (χ1v) is 6.83. The van der Waals surface area contributed by atoms with Crippen molar-refractivity contribution >= 4 is 5.97 Å². The monoisotopic (exact) mass is 281 g/mol. The summed E-state index contributed by atoms with van der Waals surface area (Å²) in [6.07, 6.45) is 1.10. The van der Waals surface area contributed by atoms with Gasteiger partial charge in [-0.2, -0.15) is 0 Å². The molecule has 0 saturated heterocycles. The number of nitrogens with one attached hydrogen (secondary N) is 1. The lowest BCUT2D eigenvalue weighted by Gasteiger charge is -2.25. The molecule has 0 bridgehead atoms. The topological polar surface area (TPSA) is 78.8 Å². The largest absolute Gasteiger partial charge is 0.493 e. The summed E-state index contributed by atoms with van der Waals surface area (Å²) in [5.74, 6) is -0.203. The van der Waals surface area contributed by atoms with E-state index in [0.29, 0.717) is 31.7 Å². The summed E-state index contributed by atoms with van der Waals surface area (Å²) in [7, 11) is 0. The first-order chi connectivity index (χ1) is 9.53. The predicted octanol–water partition coefficient (Wildman–Crippen LogP) is 1.79. The molecular weight excluding hydrogens is 258 g/mol. The van der Waals surface area contributed by atoms with Gasteiger partial charge in [0.05, 0.1) is 13.2 Å². The van der Waals surface area contributed by atoms with Crippen LogP contribution in [0.4, 0.5) is 0 Å². The van der Waals surface area contributed by atoms with Crippen LogP contribution in [0.5, 0.6) is 5.75 Å². The Kier molecular flexibility index (Phi) is 6.48. The van der Waals surface area contributed by atoms with Crippen LogP contribution in [0.15, 0.2) is 24.3 Å². The number of rotatable bonds is 9. The lowest BCUT2D eigenvalue weighted by atomic mass is 9.96. The molecule has 0 saturated carbocycles. The predicted molar refractivity (Wildman–Crippen MR) is 76.8 cm³/mol. The van der Waals surface area contributed by atoms with Crippen LogP contribution >= 0.6 is 0 Å². The third kappa shape index (κ3) is 4.51. The molecule has 0 fully saturated rings. The van der Waals surface area contributed by atoms with Gasteiger partial charge in [-0.05, 0) is 32.4 Å². The zero-order valence-corrected chi connectivity index (χ0v) is 12.1. The molecule has 0 aliphatic rings. The molecule has 5 nitrogen and oxygen atoms in total. The molecule has 20 heavy (non-hydrogen) atoms. The molecule has 0 aromatic heterocycles. The van der Waals surface area contributed by atoms with Gasteiger partial charge in [0.2, 0.25) is 0 Å². The molecule has 1 atom stereocenters. The van der Waals surface area contributed by atoms with Crippen molar-refractivity contribution in [1.82, 2.24) is 5.32 Å². The van der Waals surface area contributed by atoms with Gasteiger partial charge in [-0.3, -0.25) is 4.79 Å². The molecule has 5 heteroatoms.